The predicted octanol–water partition coefficient (Wildman–Crippen LogP) is 2.08. The predicted molar refractivity (Wildman–Crippen MR) is 110 cm³/mol. The van der Waals surface area contributed by atoms with E-state index in [2.05, 4.69) is 5.32 Å². The summed E-state index contributed by atoms with van der Waals surface area (Å²) in [6.45, 7) is -0.198. The molecule has 0 atom stereocenters. The van der Waals surface area contributed by atoms with Crippen LogP contribution in [0.15, 0.2) is 38.8 Å². The number of carbonyl (C=O) groups excluding carboxylic acids is 2. The van der Waals surface area contributed by atoms with Crippen molar-refractivity contribution in [3.05, 3.63) is 30.3 Å². The molecule has 0 aliphatic carbocycles. The van der Waals surface area contributed by atoms with Gasteiger partial charge in [-0.3, -0.25) is 9.59 Å². The van der Waals surface area contributed by atoms with E-state index >= 15 is 0 Å². The maximum Gasteiger partial charge on any atom is 0.252 e. The molecular weight excluding hydrogens is 422 g/mol. The van der Waals surface area contributed by atoms with Gasteiger partial charge < -0.3 is 15.0 Å². The van der Waals surface area contributed by atoms with E-state index in [1.807, 2.05) is 0 Å². The molecular formula is C17H19N3O5S3. The van der Waals surface area contributed by atoms with Gasteiger partial charge in [0.2, 0.25) is 11.8 Å². The zero-order valence-electron chi connectivity index (χ0n) is 15.5. The molecule has 11 heteroatoms. The molecule has 0 saturated heterocycles. The van der Waals surface area contributed by atoms with Gasteiger partial charge in [0.05, 0.1) is 22.8 Å². The van der Waals surface area contributed by atoms with Crippen molar-refractivity contribution in [1.29, 1.82) is 0 Å². The standard InChI is InChI=1S/C17H19N3O5S3/c1-19(2)28(23,24)16-8-13-17(27-16)26-10-15(22)20(13)9-14(21)18-11-4-6-12(25-3)7-5-11/h4-8H,9-10H2,1-3H3,(H,18,21). The first-order valence-electron chi connectivity index (χ1n) is 8.16. The van der Waals surface area contributed by atoms with Crippen molar-refractivity contribution in [2.45, 2.75) is 8.42 Å². The molecule has 1 N–H and O–H groups in total. The van der Waals surface area contributed by atoms with E-state index in [-0.39, 0.29) is 28.3 Å². The summed E-state index contributed by atoms with van der Waals surface area (Å²) in [6.07, 6.45) is 0. The van der Waals surface area contributed by atoms with Gasteiger partial charge in [-0.15, -0.1) is 23.1 Å². The fourth-order valence-corrected chi connectivity index (χ4v) is 6.41. The smallest absolute Gasteiger partial charge is 0.252 e. The number of carbonyl (C=O) groups is 2. The fraction of sp³-hybridized carbons (Fsp3) is 0.294. The van der Waals surface area contributed by atoms with Crippen molar-refractivity contribution in [2.24, 2.45) is 0 Å². The third-order valence-corrected chi connectivity index (χ3v) is 8.64. The minimum atomic E-state index is -3.61. The van der Waals surface area contributed by atoms with Crippen LogP contribution >= 0.6 is 23.1 Å². The number of hydrogen-bond donors (Lipinski definition) is 1. The number of anilines is 2. The normalized spacial score (nSPS) is 14.1. The highest BCUT2D eigenvalue weighted by Crippen LogP contribution is 2.44. The SMILES string of the molecule is COc1ccc(NC(=O)CN2C(=O)CSc3sc(S(=O)(=O)N(C)C)cc32)cc1. The first kappa shape index (κ1) is 20.6. The van der Waals surface area contributed by atoms with Gasteiger partial charge in [0, 0.05) is 19.8 Å². The molecule has 2 heterocycles. The number of hydrogen-bond acceptors (Lipinski definition) is 7. The van der Waals surface area contributed by atoms with E-state index in [9.17, 15) is 18.0 Å². The summed E-state index contributed by atoms with van der Waals surface area (Å²) in [4.78, 5) is 26.1. The van der Waals surface area contributed by atoms with Crippen LogP contribution in [-0.4, -0.2) is 58.0 Å². The second-order valence-electron chi connectivity index (χ2n) is 6.07. The van der Waals surface area contributed by atoms with Crippen LogP contribution in [0.4, 0.5) is 11.4 Å². The first-order valence-corrected chi connectivity index (χ1v) is 11.4. The van der Waals surface area contributed by atoms with E-state index in [4.69, 9.17) is 4.74 Å². The van der Waals surface area contributed by atoms with E-state index in [0.29, 0.717) is 21.3 Å². The molecule has 1 aromatic carbocycles. The zero-order valence-corrected chi connectivity index (χ0v) is 17.9. The first-order chi connectivity index (χ1) is 13.2. The summed E-state index contributed by atoms with van der Waals surface area (Å²) in [5, 5.41) is 2.73. The Morgan fingerprint density at radius 1 is 1.29 bits per heavy atom. The summed E-state index contributed by atoms with van der Waals surface area (Å²) in [5.74, 6) is 0.206. The maximum atomic E-state index is 12.4. The second kappa shape index (κ2) is 8.11. The van der Waals surface area contributed by atoms with Gasteiger partial charge >= 0.3 is 0 Å². The molecule has 1 aliphatic rings. The molecule has 0 bridgehead atoms. The summed E-state index contributed by atoms with van der Waals surface area (Å²) < 4.78 is 31.8. The lowest BCUT2D eigenvalue weighted by molar-refractivity contribution is -0.120. The van der Waals surface area contributed by atoms with Crippen molar-refractivity contribution >= 4 is 56.3 Å². The van der Waals surface area contributed by atoms with Crippen molar-refractivity contribution in [3.63, 3.8) is 0 Å². The number of fused-ring (bicyclic) bond motifs is 1. The molecule has 8 nitrogen and oxygen atoms in total. The van der Waals surface area contributed by atoms with Gasteiger partial charge in [-0.05, 0) is 30.3 Å². The second-order valence-corrected chi connectivity index (χ2v) is 10.7. The van der Waals surface area contributed by atoms with Crippen LogP contribution in [0.5, 0.6) is 5.75 Å². The molecule has 150 valence electrons. The molecule has 28 heavy (non-hydrogen) atoms. The van der Waals surface area contributed by atoms with Gasteiger partial charge in [-0.25, -0.2) is 12.7 Å². The van der Waals surface area contributed by atoms with E-state index in [0.717, 1.165) is 15.6 Å². The van der Waals surface area contributed by atoms with Crippen molar-refractivity contribution in [3.8, 4) is 5.75 Å². The third kappa shape index (κ3) is 4.17. The summed E-state index contributed by atoms with van der Waals surface area (Å²) in [6, 6.07) is 8.28. The molecule has 0 radical (unpaired) electrons. The van der Waals surface area contributed by atoms with E-state index in [1.54, 1.807) is 31.4 Å². The number of ether oxygens (including phenoxy) is 1. The maximum absolute atomic E-state index is 12.4. The molecule has 0 saturated carbocycles. The van der Waals surface area contributed by atoms with Gasteiger partial charge in [-0.2, -0.15) is 0 Å². The highest BCUT2D eigenvalue weighted by molar-refractivity contribution is 8.02. The Morgan fingerprint density at radius 2 is 1.96 bits per heavy atom. The topological polar surface area (TPSA) is 96.0 Å². The zero-order chi connectivity index (χ0) is 20.5. The molecule has 1 aliphatic heterocycles. The van der Waals surface area contributed by atoms with Gasteiger partial charge in [0.15, 0.2) is 0 Å². The van der Waals surface area contributed by atoms with Crippen LogP contribution < -0.4 is 15.0 Å². The number of thioether (sulfide) groups is 1. The Bertz CT molecular complexity index is 1000. The van der Waals surface area contributed by atoms with Crippen molar-refractivity contribution in [1.82, 2.24) is 4.31 Å². The Balaban J connectivity index is 1.80. The number of methoxy groups -OCH3 is 1. The molecule has 1 aromatic heterocycles. The van der Waals surface area contributed by atoms with E-state index in [1.165, 1.54) is 36.8 Å². The van der Waals surface area contributed by atoms with Gasteiger partial charge in [-0.1, -0.05) is 0 Å². The number of nitrogens with one attached hydrogen (secondary N) is 1. The van der Waals surface area contributed by atoms with Crippen LogP contribution in [0.1, 0.15) is 0 Å². The average Bonchev–Trinajstić information content (AvgIpc) is 3.10. The van der Waals surface area contributed by atoms with Crippen LogP contribution in [-0.2, 0) is 19.6 Å². The molecule has 0 spiro atoms. The highest BCUT2D eigenvalue weighted by Gasteiger charge is 2.32. The van der Waals surface area contributed by atoms with Gasteiger partial charge in [0.1, 0.15) is 16.5 Å². The Morgan fingerprint density at radius 3 is 2.57 bits per heavy atom. The Kier molecular flexibility index (Phi) is 5.98. The lowest BCUT2D eigenvalue weighted by Crippen LogP contribution is -2.40. The molecule has 3 rings (SSSR count). The number of rotatable bonds is 6. The van der Waals surface area contributed by atoms with Crippen molar-refractivity contribution < 1.29 is 22.7 Å². The molecule has 0 unspecified atom stereocenters. The van der Waals surface area contributed by atoms with Crippen LogP contribution in [0.3, 0.4) is 0 Å². The minimum absolute atomic E-state index is 0.144. The largest absolute Gasteiger partial charge is 0.497 e. The number of thiophene rings is 1. The quantitative estimate of drug-likeness (QED) is 0.737. The summed E-state index contributed by atoms with van der Waals surface area (Å²) in [5.41, 5.74) is 1.03. The number of benzene rings is 1. The third-order valence-electron chi connectivity index (χ3n) is 3.99. The minimum Gasteiger partial charge on any atom is -0.497 e. The van der Waals surface area contributed by atoms with Crippen LogP contribution in [0.25, 0.3) is 0 Å². The summed E-state index contributed by atoms with van der Waals surface area (Å²) >= 11 is 2.39. The summed E-state index contributed by atoms with van der Waals surface area (Å²) in [7, 11) is 0.847. The molecule has 2 aromatic rings. The lowest BCUT2D eigenvalue weighted by atomic mass is 10.3. The highest BCUT2D eigenvalue weighted by atomic mass is 32.3. The number of sulfonamides is 1. The molecule has 0 fully saturated rings. The fourth-order valence-electron chi connectivity index (χ4n) is 2.47. The lowest BCUT2D eigenvalue weighted by Gasteiger charge is -2.25. The van der Waals surface area contributed by atoms with Gasteiger partial charge in [0.25, 0.3) is 10.0 Å². The van der Waals surface area contributed by atoms with Crippen LogP contribution in [0, 0.1) is 0 Å². The van der Waals surface area contributed by atoms with E-state index < -0.39 is 10.0 Å². The monoisotopic (exact) mass is 441 g/mol. The molecule has 2 amide bonds. The van der Waals surface area contributed by atoms with Crippen molar-refractivity contribution in [2.75, 3.05) is 43.7 Å². The number of amides is 2. The van der Waals surface area contributed by atoms with Crippen LogP contribution in [0.2, 0.25) is 0 Å². The average molecular weight is 442 g/mol. The Hall–Kier alpha value is -2.08. The number of nitrogens with zero attached hydrogens (tertiary/aromatic N) is 2. The Labute approximate surface area is 171 Å².